The molecule has 4 aromatic rings. The van der Waals surface area contributed by atoms with E-state index in [1.807, 2.05) is 0 Å². The lowest BCUT2D eigenvalue weighted by Gasteiger charge is -2.21. The van der Waals surface area contributed by atoms with Crippen molar-refractivity contribution in [3.8, 4) is 5.75 Å². The zero-order chi connectivity index (χ0) is 26.1. The molecule has 0 aliphatic rings. The maximum absolute atomic E-state index is 13.5. The van der Waals surface area contributed by atoms with Gasteiger partial charge in [-0.15, -0.1) is 0 Å². The highest BCUT2D eigenvalue weighted by atomic mass is 32.1. The van der Waals surface area contributed by atoms with Gasteiger partial charge >= 0.3 is 12.4 Å². The number of carbonyl (C=O) groups excluding carboxylic acids is 1. The summed E-state index contributed by atoms with van der Waals surface area (Å²) >= 11 is 1.06. The molecule has 0 radical (unpaired) electrons. The fourth-order valence-corrected chi connectivity index (χ4v) is 4.41. The van der Waals surface area contributed by atoms with Crippen LogP contribution in [0.15, 0.2) is 60.9 Å². The number of amides is 1. The SMILES string of the molecule is CCOc1cccc2sc(N(Cc3cccnc3)C(=O)c3cc(C(F)(F)F)cc(C(F)(F)F)c3)nc12. The molecule has 0 atom stereocenters. The van der Waals surface area contributed by atoms with Gasteiger partial charge in [0, 0.05) is 18.0 Å². The Labute approximate surface area is 205 Å². The number of benzene rings is 2. The number of thiazole rings is 1. The summed E-state index contributed by atoms with van der Waals surface area (Å²) in [6.45, 7) is 1.93. The minimum Gasteiger partial charge on any atom is -0.492 e. The third-order valence-electron chi connectivity index (χ3n) is 5.04. The second-order valence-corrected chi connectivity index (χ2v) is 8.59. The lowest BCUT2D eigenvalue weighted by atomic mass is 10.0. The Balaban J connectivity index is 1.86. The molecule has 0 spiro atoms. The molecule has 0 aliphatic carbocycles. The molecule has 2 aromatic carbocycles. The normalized spacial score (nSPS) is 12.1. The standard InChI is InChI=1S/C24H17F6N3O2S/c1-2-35-18-6-3-7-19-20(18)32-22(36-19)33(13-14-5-4-8-31-12-14)21(34)15-9-16(23(25,26)27)11-17(10-15)24(28,29)30/h3-12H,2,13H2,1H3. The van der Waals surface area contributed by atoms with Crippen molar-refractivity contribution in [2.45, 2.75) is 25.8 Å². The summed E-state index contributed by atoms with van der Waals surface area (Å²) in [6, 6.07) is 9.12. The highest BCUT2D eigenvalue weighted by molar-refractivity contribution is 7.22. The minimum absolute atomic E-state index is 0.0196. The number of pyridine rings is 1. The van der Waals surface area contributed by atoms with Gasteiger partial charge in [0.1, 0.15) is 11.3 Å². The van der Waals surface area contributed by atoms with E-state index in [9.17, 15) is 31.1 Å². The van der Waals surface area contributed by atoms with Gasteiger partial charge in [0.2, 0.25) is 0 Å². The van der Waals surface area contributed by atoms with E-state index < -0.39 is 35.0 Å². The zero-order valence-corrected chi connectivity index (χ0v) is 19.3. The highest BCUT2D eigenvalue weighted by Gasteiger charge is 2.38. The summed E-state index contributed by atoms with van der Waals surface area (Å²) in [5, 5.41) is 0.0805. The molecular formula is C24H17F6N3O2S. The molecule has 5 nitrogen and oxygen atoms in total. The minimum atomic E-state index is -5.09. The van der Waals surface area contributed by atoms with Crippen LogP contribution in [0.3, 0.4) is 0 Å². The summed E-state index contributed by atoms with van der Waals surface area (Å²) in [5.41, 5.74) is -3.01. The molecule has 0 saturated carbocycles. The molecule has 1 amide bonds. The van der Waals surface area contributed by atoms with Gasteiger partial charge in [0.05, 0.1) is 29.0 Å². The topological polar surface area (TPSA) is 55.3 Å². The number of anilines is 1. The Morgan fingerprint density at radius 1 is 1.00 bits per heavy atom. The first kappa shape index (κ1) is 25.4. The van der Waals surface area contributed by atoms with Crippen LogP contribution in [0.2, 0.25) is 0 Å². The molecule has 0 fully saturated rings. The second-order valence-electron chi connectivity index (χ2n) is 7.58. The predicted octanol–water partition coefficient (Wildman–Crippen LogP) is 6.97. The summed E-state index contributed by atoms with van der Waals surface area (Å²) in [7, 11) is 0. The summed E-state index contributed by atoms with van der Waals surface area (Å²) in [5.74, 6) is -0.642. The number of carbonyl (C=O) groups is 1. The van der Waals surface area contributed by atoms with Crippen molar-refractivity contribution in [2.24, 2.45) is 0 Å². The fraction of sp³-hybridized carbons (Fsp3) is 0.208. The predicted molar refractivity (Wildman–Crippen MR) is 122 cm³/mol. The molecule has 188 valence electrons. The van der Waals surface area contributed by atoms with Gasteiger partial charge < -0.3 is 4.74 Å². The molecule has 4 rings (SSSR count). The zero-order valence-electron chi connectivity index (χ0n) is 18.5. The van der Waals surface area contributed by atoms with Crippen molar-refractivity contribution in [2.75, 3.05) is 11.5 Å². The van der Waals surface area contributed by atoms with Crippen LogP contribution in [0, 0.1) is 0 Å². The van der Waals surface area contributed by atoms with Crippen molar-refractivity contribution in [3.63, 3.8) is 0 Å². The fourth-order valence-electron chi connectivity index (χ4n) is 3.43. The molecule has 0 N–H and O–H groups in total. The van der Waals surface area contributed by atoms with Crippen LogP contribution in [0.4, 0.5) is 31.5 Å². The molecule has 2 heterocycles. The number of para-hydroxylation sites is 1. The number of ether oxygens (including phenoxy) is 1. The lowest BCUT2D eigenvalue weighted by Crippen LogP contribution is -2.31. The van der Waals surface area contributed by atoms with Crippen molar-refractivity contribution in [1.82, 2.24) is 9.97 Å². The van der Waals surface area contributed by atoms with E-state index in [1.54, 1.807) is 37.3 Å². The number of hydrogen-bond acceptors (Lipinski definition) is 5. The van der Waals surface area contributed by atoms with Crippen LogP contribution in [-0.2, 0) is 18.9 Å². The van der Waals surface area contributed by atoms with Gasteiger partial charge in [-0.3, -0.25) is 14.7 Å². The Morgan fingerprint density at radius 2 is 1.69 bits per heavy atom. The third-order valence-corrected chi connectivity index (χ3v) is 6.09. The molecule has 12 heteroatoms. The summed E-state index contributed by atoms with van der Waals surface area (Å²) in [4.78, 5) is 23.0. The van der Waals surface area contributed by atoms with E-state index in [4.69, 9.17) is 4.74 Å². The van der Waals surface area contributed by atoms with Crippen LogP contribution in [0.1, 0.15) is 34.0 Å². The second kappa shape index (κ2) is 9.76. The van der Waals surface area contributed by atoms with Crippen LogP contribution in [0.5, 0.6) is 5.75 Å². The van der Waals surface area contributed by atoms with Gasteiger partial charge in [0.15, 0.2) is 5.13 Å². The van der Waals surface area contributed by atoms with Crippen molar-refractivity contribution >= 4 is 32.6 Å². The first-order chi connectivity index (χ1) is 17.0. The van der Waals surface area contributed by atoms with Gasteiger partial charge in [-0.2, -0.15) is 26.3 Å². The molecular weight excluding hydrogens is 508 g/mol. The maximum atomic E-state index is 13.5. The first-order valence-corrected chi connectivity index (χ1v) is 11.3. The number of aromatic nitrogens is 2. The smallest absolute Gasteiger partial charge is 0.416 e. The van der Waals surface area contributed by atoms with E-state index >= 15 is 0 Å². The molecule has 0 unspecified atom stereocenters. The molecule has 0 aliphatic heterocycles. The summed E-state index contributed by atoms with van der Waals surface area (Å²) < 4.78 is 86.6. The van der Waals surface area contributed by atoms with Gasteiger partial charge in [-0.1, -0.05) is 23.5 Å². The first-order valence-electron chi connectivity index (χ1n) is 10.5. The molecule has 0 bridgehead atoms. The lowest BCUT2D eigenvalue weighted by molar-refractivity contribution is -0.143. The number of nitrogens with zero attached hydrogens (tertiary/aromatic N) is 3. The molecule has 2 aromatic heterocycles. The number of fused-ring (bicyclic) bond motifs is 1. The van der Waals surface area contributed by atoms with Crippen molar-refractivity contribution in [1.29, 1.82) is 0 Å². The van der Waals surface area contributed by atoms with Crippen LogP contribution in [-0.4, -0.2) is 22.5 Å². The van der Waals surface area contributed by atoms with Crippen LogP contribution < -0.4 is 9.64 Å². The van der Waals surface area contributed by atoms with Crippen LogP contribution in [0.25, 0.3) is 10.2 Å². The molecule has 36 heavy (non-hydrogen) atoms. The Kier molecular flexibility index (Phi) is 6.90. The molecule has 0 saturated heterocycles. The number of halogens is 6. The van der Waals surface area contributed by atoms with Crippen molar-refractivity contribution in [3.05, 3.63) is 83.2 Å². The number of alkyl halides is 6. The van der Waals surface area contributed by atoms with E-state index in [2.05, 4.69) is 9.97 Å². The van der Waals surface area contributed by atoms with E-state index in [0.717, 1.165) is 16.2 Å². The van der Waals surface area contributed by atoms with E-state index in [1.165, 1.54) is 12.4 Å². The monoisotopic (exact) mass is 525 g/mol. The quantitative estimate of drug-likeness (QED) is 0.255. The third kappa shape index (κ3) is 5.43. The Bertz CT molecular complexity index is 1350. The average molecular weight is 525 g/mol. The number of rotatable bonds is 6. The number of hydrogen-bond donors (Lipinski definition) is 0. The van der Waals surface area contributed by atoms with E-state index in [0.29, 0.717) is 40.3 Å². The Morgan fingerprint density at radius 3 is 2.28 bits per heavy atom. The van der Waals surface area contributed by atoms with Crippen LogP contribution >= 0.6 is 11.3 Å². The highest BCUT2D eigenvalue weighted by Crippen LogP contribution is 2.38. The van der Waals surface area contributed by atoms with E-state index in [-0.39, 0.29) is 17.7 Å². The van der Waals surface area contributed by atoms with Gasteiger partial charge in [-0.05, 0) is 48.9 Å². The van der Waals surface area contributed by atoms with Gasteiger partial charge in [0.25, 0.3) is 5.91 Å². The maximum Gasteiger partial charge on any atom is 0.416 e. The largest absolute Gasteiger partial charge is 0.492 e. The van der Waals surface area contributed by atoms with Crippen molar-refractivity contribution < 1.29 is 35.9 Å². The Hall–Kier alpha value is -3.67. The van der Waals surface area contributed by atoms with Gasteiger partial charge in [-0.25, -0.2) is 4.98 Å². The summed E-state index contributed by atoms with van der Waals surface area (Å²) in [6.07, 6.45) is -7.25. The average Bonchev–Trinajstić information content (AvgIpc) is 3.27.